The number of carboxylic acids is 3. The first kappa shape index (κ1) is 103. The molecule has 636 valence electrons. The number of carbonyl (C=O) groups is 6. The Bertz CT molecular complexity index is 4890. The molecule has 120 heavy (non-hydrogen) atoms. The van der Waals surface area contributed by atoms with E-state index in [1.807, 2.05) is 154 Å². The number of anilines is 1. The van der Waals surface area contributed by atoms with Gasteiger partial charge in [0.15, 0.2) is 0 Å². The van der Waals surface area contributed by atoms with Crippen LogP contribution in [0.1, 0.15) is 112 Å². The summed E-state index contributed by atoms with van der Waals surface area (Å²) in [5.41, 5.74) is 23.7. The maximum atomic E-state index is 12.4. The molecule has 10 rings (SSSR count). The van der Waals surface area contributed by atoms with Crippen LogP contribution < -0.4 is 27.4 Å². The maximum absolute atomic E-state index is 12.4. The van der Waals surface area contributed by atoms with Gasteiger partial charge in [-0.05, 0) is 211 Å². The van der Waals surface area contributed by atoms with Crippen molar-refractivity contribution in [1.82, 2.24) is 16.0 Å². The number of aryl methyl sites for hydroxylation is 4. The van der Waals surface area contributed by atoms with Gasteiger partial charge >= 0.3 is 17.9 Å². The molecular formula is C87H96I3N9O21. The van der Waals surface area contributed by atoms with E-state index in [2.05, 4.69) is 103 Å². The van der Waals surface area contributed by atoms with Crippen LogP contribution in [0.4, 0.5) is 28.4 Å². The Kier molecular flexibility index (Phi) is 45.4. The lowest BCUT2D eigenvalue weighted by atomic mass is 10.0. The molecule has 33 heteroatoms. The molecule has 0 aliphatic carbocycles. The molecular weight excluding hydrogens is 1890 g/mol. The second-order valence-electron chi connectivity index (χ2n) is 26.7. The highest BCUT2D eigenvalue weighted by Crippen LogP contribution is 2.31. The molecule has 10 N–H and O–H groups in total. The van der Waals surface area contributed by atoms with E-state index in [-0.39, 0.29) is 86.9 Å². The van der Waals surface area contributed by atoms with Crippen LogP contribution in [-0.2, 0) is 18.9 Å². The van der Waals surface area contributed by atoms with Crippen molar-refractivity contribution < 1.29 is 82.7 Å². The molecule has 0 radical (unpaired) electrons. The summed E-state index contributed by atoms with van der Waals surface area (Å²) in [5, 5.41) is 77.2. The number of hydrogen-bond acceptors (Lipinski definition) is 20. The van der Waals surface area contributed by atoms with Gasteiger partial charge in [0.25, 0.3) is 40.5 Å². The normalized spacial score (nSPS) is 11.1. The van der Waals surface area contributed by atoms with Crippen molar-refractivity contribution in [2.75, 3.05) is 65.5 Å². The molecule has 4 atom stereocenters. The summed E-state index contributed by atoms with van der Waals surface area (Å²) in [6.45, 7) is 17.5. The van der Waals surface area contributed by atoms with Gasteiger partial charge in [-0.3, -0.25) is 54.8 Å². The lowest BCUT2D eigenvalue weighted by Crippen LogP contribution is -2.35. The van der Waals surface area contributed by atoms with Crippen LogP contribution >= 0.6 is 67.8 Å². The fourth-order valence-corrected chi connectivity index (χ4v) is 11.8. The number of methoxy groups -OCH3 is 4. The van der Waals surface area contributed by atoms with Gasteiger partial charge in [-0.2, -0.15) is 0 Å². The van der Waals surface area contributed by atoms with Crippen molar-refractivity contribution in [3.05, 3.63) is 316 Å². The van der Waals surface area contributed by atoms with Crippen molar-refractivity contribution in [2.24, 2.45) is 5.73 Å². The number of aromatic carboxylic acids is 3. The number of amides is 3. The standard InChI is InChI=1S/C18H20INO2.C18H20N2O4.C18H22N2O2.C14H11NO4.C7H4INO4.C7H5NO4.C4H11NO.CH3I/c1-12-4-6-14(7-5-12)15-8-16(10-17(19)9-15)18(21)20-13(2)11-22-3;1-12-4-6-14(7-5-12)15-8-16(10-17(9-15)20(22)23)18(21)19-13(2)11-24-3;1-12-4-6-14(7-5-12)15-8-16(10-17(19)9-15)18(21)20-13(2)11-22-3;1-9-2-4-10(5-3-9)11-6-12(14(16)17)8-13(7-11)15(18)19;8-5-1-4(7(10)11)2-6(3-5)9(12)13;9-7(10)5-2-1-3-6(4-5)8(11)12;1-4(5)3-6-2;1-2/h4-10,13H,11H2,1-3H3,(H,20,21);4-10,13H,11H2,1-3H3,(H,19,21);4-10,13H,11,19H2,1-3H3,(H,20,21);2-8H,1H3,(H,16,17);1-3H,(H,10,11);1-4H,(H,9,10);4H,3,5H2,1-2H3;1H3. The van der Waals surface area contributed by atoms with Crippen LogP contribution in [0.25, 0.3) is 44.5 Å². The molecule has 0 saturated heterocycles. The molecule has 0 bridgehead atoms. The Hall–Kier alpha value is -11.6. The second kappa shape index (κ2) is 53.1. The highest BCUT2D eigenvalue weighted by molar-refractivity contribution is 14.1. The highest BCUT2D eigenvalue weighted by atomic mass is 127. The predicted octanol–water partition coefficient (Wildman–Crippen LogP) is 17.9. The molecule has 3 amide bonds. The Balaban J connectivity index is 0.000000370. The van der Waals surface area contributed by atoms with Gasteiger partial charge in [0.2, 0.25) is 0 Å². The number of nitro groups is 4. The number of nitrogens with two attached hydrogens (primary N) is 2. The Morgan fingerprint density at radius 1 is 0.350 bits per heavy atom. The number of carbonyl (C=O) groups excluding carboxylic acids is 3. The highest BCUT2D eigenvalue weighted by Gasteiger charge is 2.21. The molecule has 0 aliphatic rings. The van der Waals surface area contributed by atoms with Crippen molar-refractivity contribution >= 4 is 132 Å². The summed E-state index contributed by atoms with van der Waals surface area (Å²) < 4.78 is 21.3. The van der Waals surface area contributed by atoms with Crippen LogP contribution in [0.5, 0.6) is 0 Å². The molecule has 10 aromatic rings. The Morgan fingerprint density at radius 2 is 0.617 bits per heavy atom. The van der Waals surface area contributed by atoms with E-state index < -0.39 is 37.6 Å². The van der Waals surface area contributed by atoms with Crippen LogP contribution in [0.15, 0.2) is 212 Å². The second-order valence-corrected chi connectivity index (χ2v) is 29.2. The lowest BCUT2D eigenvalue weighted by Gasteiger charge is -2.14. The first-order valence-electron chi connectivity index (χ1n) is 36.2. The zero-order chi connectivity index (χ0) is 90.0. The van der Waals surface area contributed by atoms with Crippen molar-refractivity contribution in [2.45, 2.75) is 79.6 Å². The van der Waals surface area contributed by atoms with Gasteiger partial charge in [-0.1, -0.05) is 148 Å². The van der Waals surface area contributed by atoms with Crippen LogP contribution in [0.2, 0.25) is 0 Å². The van der Waals surface area contributed by atoms with Crippen LogP contribution in [0.3, 0.4) is 0 Å². The third-order valence-electron chi connectivity index (χ3n) is 16.1. The molecule has 0 heterocycles. The molecule has 0 fully saturated rings. The number of benzene rings is 10. The average molecular weight is 1980 g/mol. The van der Waals surface area contributed by atoms with Gasteiger partial charge in [0.05, 0.1) is 62.8 Å². The molecule has 0 spiro atoms. The number of hydrogen-bond donors (Lipinski definition) is 8. The number of non-ortho nitro benzene ring substituents is 4. The maximum Gasteiger partial charge on any atom is 0.335 e. The topological polar surface area (TPSA) is 461 Å². The van der Waals surface area contributed by atoms with Crippen LogP contribution in [-0.4, -0.2) is 155 Å². The zero-order valence-electron chi connectivity index (χ0n) is 68.1. The van der Waals surface area contributed by atoms with Gasteiger partial charge in [0, 0.05) is 131 Å². The van der Waals surface area contributed by atoms with Gasteiger partial charge in [0.1, 0.15) is 0 Å². The summed E-state index contributed by atoms with van der Waals surface area (Å²) in [7, 11) is 6.43. The first-order valence-corrected chi connectivity index (χ1v) is 40.6. The summed E-state index contributed by atoms with van der Waals surface area (Å²) >= 11 is 6.22. The SMILES string of the molecule is CI.COCC(C)N.COCC(C)NC(=O)c1cc(-c2ccc(C)cc2)cc([N+](=O)[O-])c1.COCC(C)NC(=O)c1cc(I)cc(-c2ccc(C)cc2)c1.COCC(C)NC(=O)c1cc(N)cc(-c2ccc(C)cc2)c1.Cc1ccc(-c2cc(C(=O)O)cc([N+](=O)[O-])c2)cc1.O=C(O)c1cc(I)cc([N+](=O)[O-])c1.O=C(O)c1cccc([N+](=O)[O-])c1. The third kappa shape index (κ3) is 37.1. The van der Waals surface area contributed by atoms with Crippen molar-refractivity contribution in [1.29, 1.82) is 0 Å². The minimum atomic E-state index is -1.18. The molecule has 0 aromatic heterocycles. The third-order valence-corrected chi connectivity index (χ3v) is 17.4. The van der Waals surface area contributed by atoms with Gasteiger partial charge in [-0.15, -0.1) is 0 Å². The predicted molar refractivity (Wildman–Crippen MR) is 489 cm³/mol. The van der Waals surface area contributed by atoms with E-state index >= 15 is 0 Å². The number of nitro benzene ring substituents is 4. The summed E-state index contributed by atoms with van der Waals surface area (Å²) in [6.07, 6.45) is 0. The molecule has 0 aliphatic heterocycles. The summed E-state index contributed by atoms with van der Waals surface area (Å²) in [4.78, 5) is 111. The van der Waals surface area contributed by atoms with Crippen LogP contribution in [0, 0.1) is 75.3 Å². The number of alkyl halides is 1. The van der Waals surface area contributed by atoms with Gasteiger partial charge < -0.3 is 61.7 Å². The van der Waals surface area contributed by atoms with E-state index in [0.717, 1.165) is 66.3 Å². The van der Waals surface area contributed by atoms with Crippen molar-refractivity contribution in [3.8, 4) is 44.5 Å². The number of rotatable bonds is 25. The van der Waals surface area contributed by atoms with E-state index in [1.165, 1.54) is 65.7 Å². The average Bonchev–Trinajstić information content (AvgIpc) is 0.797. The van der Waals surface area contributed by atoms with Crippen molar-refractivity contribution in [3.63, 3.8) is 0 Å². The smallest absolute Gasteiger partial charge is 0.335 e. The molecule has 30 nitrogen and oxygen atoms in total. The van der Waals surface area contributed by atoms with E-state index in [9.17, 15) is 69.2 Å². The number of halogens is 3. The first-order chi connectivity index (χ1) is 56.7. The van der Waals surface area contributed by atoms with Gasteiger partial charge in [-0.25, -0.2) is 14.4 Å². The zero-order valence-corrected chi connectivity index (χ0v) is 74.6. The quantitative estimate of drug-likeness (QED) is 0.00866. The van der Waals surface area contributed by atoms with E-state index in [0.29, 0.717) is 57.9 Å². The number of nitrogens with one attached hydrogen (secondary N) is 3. The number of nitrogen functional groups attached to an aromatic ring is 1. The number of carboxylic acid groups (broad SMARTS) is 3. The van der Waals surface area contributed by atoms with E-state index in [4.69, 9.17) is 41.0 Å². The molecule has 4 unspecified atom stereocenters. The Labute approximate surface area is 735 Å². The summed E-state index contributed by atoms with van der Waals surface area (Å²) in [6, 6.07) is 59.5. The fourth-order valence-electron chi connectivity index (χ4n) is 10.5. The molecule has 10 aromatic carbocycles. The lowest BCUT2D eigenvalue weighted by molar-refractivity contribution is -0.385. The fraction of sp³-hybridized carbons (Fsp3) is 0.241. The number of nitrogens with zero attached hydrogens (tertiary/aromatic N) is 4. The summed E-state index contributed by atoms with van der Waals surface area (Å²) in [5.74, 6) is -4.10. The van der Waals surface area contributed by atoms with E-state index in [1.54, 1.807) is 59.6 Å². The largest absolute Gasteiger partial charge is 0.478 e. The minimum Gasteiger partial charge on any atom is -0.478 e. The monoisotopic (exact) mass is 1980 g/mol. The minimum absolute atomic E-state index is 0.0156. The molecule has 0 saturated carbocycles. The number of ether oxygens (including phenoxy) is 4. The Morgan fingerprint density at radius 3 is 0.933 bits per heavy atom.